The van der Waals surface area contributed by atoms with E-state index in [0.29, 0.717) is 55.4 Å². The summed E-state index contributed by atoms with van der Waals surface area (Å²) in [5.41, 5.74) is 3.41. The maximum atomic E-state index is 14.3. The summed E-state index contributed by atoms with van der Waals surface area (Å²) in [5, 5.41) is 3.11. The summed E-state index contributed by atoms with van der Waals surface area (Å²) in [6.07, 6.45) is 3.23. The van der Waals surface area contributed by atoms with Crippen LogP contribution < -0.4 is 15.2 Å². The molecule has 0 bridgehead atoms. The van der Waals surface area contributed by atoms with Gasteiger partial charge >= 0.3 is 0 Å². The molecule has 2 aliphatic rings. The van der Waals surface area contributed by atoms with E-state index in [9.17, 15) is 18.0 Å². The molecule has 1 amide bonds. The molecule has 14 heteroatoms. The number of hydrogen-bond acceptors (Lipinski definition) is 8. The largest absolute Gasteiger partial charge is 0.413 e. The SMILES string of the molecule is C[SiH](C)OC(c1c(-c2c[nH]c(=O)c(Nc3ccc(C(=O)N4CCOCC4)cn3)c2)cccc1N1CCc2cc(Br)ccc2S1(=O)=O)C(C)(C)C. The number of nitrogens with one attached hydrogen (secondary N) is 2. The smallest absolute Gasteiger partial charge is 0.271 e. The molecule has 4 heterocycles. The molecule has 1 unspecified atom stereocenters. The third kappa shape index (κ3) is 7.44. The van der Waals surface area contributed by atoms with Crippen LogP contribution in [0.4, 0.5) is 17.2 Å². The maximum absolute atomic E-state index is 14.3. The van der Waals surface area contributed by atoms with Crippen molar-refractivity contribution in [3.05, 3.63) is 98.5 Å². The zero-order valence-electron chi connectivity index (χ0n) is 28.8. The molecule has 2 N–H and O–H groups in total. The van der Waals surface area contributed by atoms with Crippen LogP contribution in [-0.2, 0) is 25.6 Å². The normalized spacial score (nSPS) is 16.6. The fourth-order valence-corrected chi connectivity index (χ4v) is 9.61. The van der Waals surface area contributed by atoms with Crippen molar-refractivity contribution in [2.24, 2.45) is 5.41 Å². The standard InChI is InChI=1S/C36H42BrN5O6SSi/c1-36(2,3)33(48-50(4)5)32-27(7-6-8-29(32)42-14-13-23-19-26(37)10-11-30(23)49(42,45)46)25-20-28(34(43)39-22-25)40-31-12-9-24(21-38-31)35(44)41-15-17-47-18-16-41/h6-12,19-22,33,50H,13-18H2,1-5H3,(H,38,40)(H,39,43). The minimum Gasteiger partial charge on any atom is -0.413 e. The Hall–Kier alpha value is -3.82. The number of aromatic nitrogens is 2. The maximum Gasteiger partial charge on any atom is 0.271 e. The first kappa shape index (κ1) is 36.0. The van der Waals surface area contributed by atoms with E-state index in [0.717, 1.165) is 21.2 Å². The van der Waals surface area contributed by atoms with Crippen LogP contribution in [0.5, 0.6) is 0 Å². The van der Waals surface area contributed by atoms with Gasteiger partial charge in [0.15, 0.2) is 9.04 Å². The Morgan fingerprint density at radius 1 is 1.08 bits per heavy atom. The van der Waals surface area contributed by atoms with Crippen LogP contribution >= 0.6 is 15.9 Å². The summed E-state index contributed by atoms with van der Waals surface area (Å²) in [5.74, 6) is 0.276. The molecule has 11 nitrogen and oxygen atoms in total. The van der Waals surface area contributed by atoms with E-state index >= 15 is 0 Å². The lowest BCUT2D eigenvalue weighted by Gasteiger charge is -2.39. The van der Waals surface area contributed by atoms with Crippen LogP contribution in [0.3, 0.4) is 0 Å². The van der Waals surface area contributed by atoms with E-state index < -0.39 is 30.6 Å². The van der Waals surface area contributed by atoms with Crippen molar-refractivity contribution in [2.75, 3.05) is 42.5 Å². The zero-order chi connectivity index (χ0) is 35.8. The van der Waals surface area contributed by atoms with E-state index in [2.05, 4.69) is 65.1 Å². The number of fused-ring (bicyclic) bond motifs is 1. The number of pyridine rings is 2. The molecule has 264 valence electrons. The number of carbonyl (C=O) groups is 1. The van der Waals surface area contributed by atoms with Crippen molar-refractivity contribution in [1.82, 2.24) is 14.9 Å². The quantitative estimate of drug-likeness (QED) is 0.201. The van der Waals surface area contributed by atoms with Gasteiger partial charge in [-0.3, -0.25) is 13.9 Å². The van der Waals surface area contributed by atoms with Crippen molar-refractivity contribution in [3.8, 4) is 11.1 Å². The first-order chi connectivity index (χ1) is 23.7. The van der Waals surface area contributed by atoms with Crippen molar-refractivity contribution >= 4 is 58.1 Å². The molecule has 1 fully saturated rings. The van der Waals surface area contributed by atoms with E-state index in [4.69, 9.17) is 9.16 Å². The lowest BCUT2D eigenvalue weighted by Crippen LogP contribution is -2.40. The highest BCUT2D eigenvalue weighted by atomic mass is 79.9. The highest BCUT2D eigenvalue weighted by Gasteiger charge is 2.38. The van der Waals surface area contributed by atoms with Crippen molar-refractivity contribution in [3.63, 3.8) is 0 Å². The number of nitrogens with zero attached hydrogens (tertiary/aromatic N) is 3. The van der Waals surface area contributed by atoms with Gasteiger partial charge in [-0.05, 0) is 78.5 Å². The van der Waals surface area contributed by atoms with Gasteiger partial charge in [0.2, 0.25) is 0 Å². The summed E-state index contributed by atoms with van der Waals surface area (Å²) >= 11 is 3.48. The summed E-state index contributed by atoms with van der Waals surface area (Å²) in [6.45, 7) is 12.8. The van der Waals surface area contributed by atoms with Crippen LogP contribution in [-0.4, -0.2) is 71.1 Å². The number of amides is 1. The molecule has 0 radical (unpaired) electrons. The molecule has 4 aromatic rings. The van der Waals surface area contributed by atoms with Crippen molar-refractivity contribution in [2.45, 2.75) is 51.3 Å². The number of anilines is 3. The topological polar surface area (TPSA) is 134 Å². The van der Waals surface area contributed by atoms with Crippen LogP contribution in [0.15, 0.2) is 81.2 Å². The minimum absolute atomic E-state index is 0.119. The minimum atomic E-state index is -3.90. The number of morpholine rings is 1. The van der Waals surface area contributed by atoms with Gasteiger partial charge in [-0.25, -0.2) is 13.4 Å². The summed E-state index contributed by atoms with van der Waals surface area (Å²) in [4.78, 5) is 35.3. The number of carbonyl (C=O) groups excluding carboxylic acids is 1. The number of sulfonamides is 1. The van der Waals surface area contributed by atoms with Gasteiger partial charge in [-0.2, -0.15) is 0 Å². The number of rotatable bonds is 8. The van der Waals surface area contributed by atoms with E-state index in [1.54, 1.807) is 41.4 Å². The van der Waals surface area contributed by atoms with E-state index in [1.807, 2.05) is 24.3 Å². The Bertz CT molecular complexity index is 2060. The second kappa shape index (κ2) is 14.4. The fourth-order valence-electron chi connectivity index (χ4n) is 6.39. The molecule has 2 aromatic heterocycles. The predicted octanol–water partition coefficient (Wildman–Crippen LogP) is 6.25. The second-order valence-electron chi connectivity index (χ2n) is 13.8. The lowest BCUT2D eigenvalue weighted by atomic mass is 9.81. The van der Waals surface area contributed by atoms with Gasteiger partial charge in [-0.15, -0.1) is 0 Å². The van der Waals surface area contributed by atoms with E-state index in [1.165, 1.54) is 10.5 Å². The van der Waals surface area contributed by atoms with E-state index in [-0.39, 0.29) is 28.6 Å². The number of ether oxygens (including phenoxy) is 1. The molecule has 0 spiro atoms. The van der Waals surface area contributed by atoms with Crippen molar-refractivity contribution in [1.29, 1.82) is 0 Å². The highest BCUT2D eigenvalue weighted by Crippen LogP contribution is 2.47. The molecule has 1 atom stereocenters. The predicted molar refractivity (Wildman–Crippen MR) is 201 cm³/mol. The molecule has 0 saturated carbocycles. The number of H-pyrrole nitrogens is 1. The molecule has 50 heavy (non-hydrogen) atoms. The zero-order valence-corrected chi connectivity index (χ0v) is 32.4. The monoisotopic (exact) mass is 779 g/mol. The third-order valence-corrected chi connectivity index (χ3v) is 12.0. The first-order valence-electron chi connectivity index (χ1n) is 16.7. The van der Waals surface area contributed by atoms with Gasteiger partial charge in [-0.1, -0.05) is 48.8 Å². The average molecular weight is 781 g/mol. The number of benzene rings is 2. The summed E-state index contributed by atoms with van der Waals surface area (Å²) < 4.78 is 42.9. The Labute approximate surface area is 302 Å². The average Bonchev–Trinajstić information content (AvgIpc) is 3.08. The third-order valence-electron chi connectivity index (χ3n) is 8.77. The van der Waals surface area contributed by atoms with Gasteiger partial charge in [0, 0.05) is 47.6 Å². The Balaban J connectivity index is 1.41. The highest BCUT2D eigenvalue weighted by molar-refractivity contribution is 9.10. The molecule has 2 aromatic carbocycles. The van der Waals surface area contributed by atoms with Gasteiger partial charge in [0.05, 0.1) is 35.5 Å². The van der Waals surface area contributed by atoms with Gasteiger partial charge in [0.25, 0.3) is 21.5 Å². The molecule has 1 saturated heterocycles. The van der Waals surface area contributed by atoms with Crippen LogP contribution in [0.2, 0.25) is 13.1 Å². The van der Waals surface area contributed by atoms with Crippen LogP contribution in [0.1, 0.15) is 48.4 Å². The number of aromatic amines is 1. The first-order valence-corrected chi connectivity index (χ1v) is 21.7. The Morgan fingerprint density at radius 3 is 2.52 bits per heavy atom. The molecular weight excluding hydrogens is 738 g/mol. The molecular formula is C36H42BrN5O6SSi. The van der Waals surface area contributed by atoms with Gasteiger partial charge < -0.3 is 24.4 Å². The Kier molecular flexibility index (Phi) is 10.4. The fraction of sp³-hybridized carbons (Fsp3) is 0.361. The molecule has 6 rings (SSSR count). The lowest BCUT2D eigenvalue weighted by molar-refractivity contribution is 0.0302. The Morgan fingerprint density at radius 2 is 1.84 bits per heavy atom. The summed E-state index contributed by atoms with van der Waals surface area (Å²) in [7, 11) is -5.54. The van der Waals surface area contributed by atoms with Gasteiger partial charge in [0.1, 0.15) is 11.5 Å². The number of hydrogen-bond donors (Lipinski definition) is 2. The summed E-state index contributed by atoms with van der Waals surface area (Å²) in [6, 6.07) is 16.0. The van der Waals surface area contributed by atoms with Crippen molar-refractivity contribution < 1.29 is 22.4 Å². The van der Waals surface area contributed by atoms with Crippen LogP contribution in [0, 0.1) is 5.41 Å². The molecule has 2 aliphatic heterocycles. The second-order valence-corrected chi connectivity index (χ2v) is 19.0. The number of halogens is 1. The van der Waals surface area contributed by atoms with Crippen LogP contribution in [0.25, 0.3) is 11.1 Å². The molecule has 0 aliphatic carbocycles.